The van der Waals surface area contributed by atoms with Crippen LogP contribution in [0.2, 0.25) is 0 Å². The number of nitrogens with zero attached hydrogens (tertiary/aromatic N) is 3. The highest BCUT2D eigenvalue weighted by molar-refractivity contribution is 5.86. The van der Waals surface area contributed by atoms with Crippen LogP contribution < -0.4 is 19.8 Å². The standard InChI is InChI=1S/C33H39N3O4/c1-9-39-29-17-22(4)26(18-25(29)21(2)3)31-35-27-15-11-10-14-24(27)32(37)36(31)34-19-23-13-12-16-28(38-8)30(23)40-20-33(5,6)7/h10-19,21H,9,20H2,1-8H3. The second-order valence-electron chi connectivity index (χ2n) is 11.3. The third kappa shape index (κ3) is 6.19. The van der Waals surface area contributed by atoms with E-state index in [9.17, 15) is 4.79 Å². The Morgan fingerprint density at radius 3 is 2.45 bits per heavy atom. The maximum Gasteiger partial charge on any atom is 0.282 e. The van der Waals surface area contributed by atoms with Gasteiger partial charge in [0.1, 0.15) is 5.75 Å². The monoisotopic (exact) mass is 541 g/mol. The van der Waals surface area contributed by atoms with Crippen LogP contribution in [0.5, 0.6) is 17.2 Å². The molecule has 0 saturated carbocycles. The first-order chi connectivity index (χ1) is 19.0. The van der Waals surface area contributed by atoms with Crippen molar-refractivity contribution in [2.24, 2.45) is 10.5 Å². The first-order valence-corrected chi connectivity index (χ1v) is 13.7. The Kier molecular flexibility index (Phi) is 8.62. The van der Waals surface area contributed by atoms with Gasteiger partial charge >= 0.3 is 0 Å². The van der Waals surface area contributed by atoms with Crippen LogP contribution in [-0.2, 0) is 0 Å². The van der Waals surface area contributed by atoms with E-state index in [1.165, 1.54) is 4.68 Å². The minimum atomic E-state index is -0.253. The van der Waals surface area contributed by atoms with Crippen molar-refractivity contribution < 1.29 is 14.2 Å². The van der Waals surface area contributed by atoms with Crippen molar-refractivity contribution >= 4 is 17.1 Å². The molecule has 4 aromatic rings. The molecular weight excluding hydrogens is 502 g/mol. The van der Waals surface area contributed by atoms with E-state index >= 15 is 0 Å². The van der Waals surface area contributed by atoms with Crippen LogP contribution >= 0.6 is 0 Å². The fourth-order valence-electron chi connectivity index (χ4n) is 4.43. The second kappa shape index (κ2) is 11.9. The maximum atomic E-state index is 13.8. The van der Waals surface area contributed by atoms with E-state index in [0.717, 1.165) is 22.4 Å². The zero-order valence-electron chi connectivity index (χ0n) is 24.7. The molecule has 0 aliphatic carbocycles. The van der Waals surface area contributed by atoms with Crippen molar-refractivity contribution in [3.05, 3.63) is 81.6 Å². The summed E-state index contributed by atoms with van der Waals surface area (Å²) >= 11 is 0. The first kappa shape index (κ1) is 28.9. The van der Waals surface area contributed by atoms with Crippen molar-refractivity contribution in [1.29, 1.82) is 0 Å². The Hall–Kier alpha value is -4.13. The van der Waals surface area contributed by atoms with Crippen LogP contribution in [0.4, 0.5) is 0 Å². The molecule has 0 fully saturated rings. The summed E-state index contributed by atoms with van der Waals surface area (Å²) < 4.78 is 19.1. The highest BCUT2D eigenvalue weighted by atomic mass is 16.5. The Morgan fingerprint density at radius 1 is 1.02 bits per heavy atom. The van der Waals surface area contributed by atoms with Gasteiger partial charge in [-0.2, -0.15) is 9.78 Å². The number of rotatable bonds is 9. The predicted octanol–water partition coefficient (Wildman–Crippen LogP) is 7.21. The Balaban J connectivity index is 1.93. The average Bonchev–Trinajstić information content (AvgIpc) is 2.91. The molecule has 0 saturated heterocycles. The van der Waals surface area contributed by atoms with Gasteiger partial charge in [0.05, 0.1) is 37.4 Å². The highest BCUT2D eigenvalue weighted by Crippen LogP contribution is 2.35. The Morgan fingerprint density at radius 2 is 1.77 bits per heavy atom. The smallest absolute Gasteiger partial charge is 0.282 e. The van der Waals surface area contributed by atoms with Crippen LogP contribution in [0.25, 0.3) is 22.3 Å². The molecule has 0 atom stereocenters. The summed E-state index contributed by atoms with van der Waals surface area (Å²) in [5, 5.41) is 5.20. The molecule has 0 N–H and O–H groups in total. The van der Waals surface area contributed by atoms with E-state index in [1.54, 1.807) is 19.4 Å². The number of para-hydroxylation sites is 2. The van der Waals surface area contributed by atoms with Crippen LogP contribution in [0.1, 0.15) is 64.2 Å². The lowest BCUT2D eigenvalue weighted by Crippen LogP contribution is -2.21. The van der Waals surface area contributed by atoms with Gasteiger partial charge in [0, 0.05) is 11.1 Å². The predicted molar refractivity (Wildman–Crippen MR) is 162 cm³/mol. The number of ether oxygens (including phenoxy) is 3. The zero-order valence-corrected chi connectivity index (χ0v) is 24.7. The molecule has 3 aromatic carbocycles. The Labute approximate surface area is 236 Å². The summed E-state index contributed by atoms with van der Waals surface area (Å²) in [7, 11) is 1.61. The van der Waals surface area contributed by atoms with Gasteiger partial charge in [-0.25, -0.2) is 4.98 Å². The first-order valence-electron chi connectivity index (χ1n) is 13.7. The summed E-state index contributed by atoms with van der Waals surface area (Å²) in [6.45, 7) is 15.6. The largest absolute Gasteiger partial charge is 0.494 e. The van der Waals surface area contributed by atoms with Crippen molar-refractivity contribution in [2.45, 2.75) is 54.4 Å². The lowest BCUT2D eigenvalue weighted by molar-refractivity contribution is 0.191. The van der Waals surface area contributed by atoms with Gasteiger partial charge in [-0.15, -0.1) is 0 Å². The average molecular weight is 542 g/mol. The van der Waals surface area contributed by atoms with Crippen LogP contribution in [0, 0.1) is 12.3 Å². The van der Waals surface area contributed by atoms with E-state index < -0.39 is 0 Å². The van der Waals surface area contributed by atoms with Gasteiger partial charge < -0.3 is 14.2 Å². The van der Waals surface area contributed by atoms with Crippen molar-refractivity contribution in [1.82, 2.24) is 9.66 Å². The molecule has 1 heterocycles. The summed E-state index contributed by atoms with van der Waals surface area (Å²) in [5.41, 5.74) is 3.81. The van der Waals surface area contributed by atoms with E-state index in [2.05, 4.69) is 40.7 Å². The maximum absolute atomic E-state index is 13.8. The van der Waals surface area contributed by atoms with E-state index in [4.69, 9.17) is 24.3 Å². The number of hydrogen-bond acceptors (Lipinski definition) is 6. The number of aryl methyl sites for hydroxylation is 1. The molecule has 0 bridgehead atoms. The Bertz CT molecular complexity index is 1600. The van der Waals surface area contributed by atoms with Crippen molar-refractivity contribution in [2.75, 3.05) is 20.3 Å². The lowest BCUT2D eigenvalue weighted by atomic mass is 9.96. The quantitative estimate of drug-likeness (QED) is 0.209. The summed E-state index contributed by atoms with van der Waals surface area (Å²) in [4.78, 5) is 18.8. The van der Waals surface area contributed by atoms with Crippen LogP contribution in [0.15, 0.2) is 64.5 Å². The molecule has 1 aromatic heterocycles. The van der Waals surface area contributed by atoms with Gasteiger partial charge in [-0.3, -0.25) is 4.79 Å². The summed E-state index contributed by atoms with van der Waals surface area (Å²) in [6, 6.07) is 17.0. The molecule has 0 radical (unpaired) electrons. The fourth-order valence-corrected chi connectivity index (χ4v) is 4.43. The van der Waals surface area contributed by atoms with Crippen molar-refractivity contribution in [3.63, 3.8) is 0 Å². The summed E-state index contributed by atoms with van der Waals surface area (Å²) in [6.07, 6.45) is 1.63. The lowest BCUT2D eigenvalue weighted by Gasteiger charge is -2.21. The SMILES string of the molecule is CCOc1cc(C)c(-c2nc3ccccc3c(=O)n2N=Cc2cccc(OC)c2OCC(C)(C)C)cc1C(C)C. The molecule has 210 valence electrons. The molecule has 0 aliphatic heterocycles. The molecule has 4 rings (SSSR count). The molecular formula is C33H39N3O4. The molecule has 0 spiro atoms. The number of fused-ring (bicyclic) bond motifs is 1. The number of hydrogen-bond donors (Lipinski definition) is 0. The number of methoxy groups -OCH3 is 1. The molecule has 40 heavy (non-hydrogen) atoms. The fraction of sp³-hybridized carbons (Fsp3) is 0.364. The topological polar surface area (TPSA) is 74.9 Å². The van der Waals surface area contributed by atoms with E-state index in [1.807, 2.05) is 56.3 Å². The molecule has 7 heteroatoms. The molecule has 0 unspecified atom stereocenters. The van der Waals surface area contributed by atoms with Gasteiger partial charge in [0.2, 0.25) is 0 Å². The van der Waals surface area contributed by atoms with Gasteiger partial charge in [0.15, 0.2) is 17.3 Å². The van der Waals surface area contributed by atoms with E-state index in [-0.39, 0.29) is 16.9 Å². The minimum absolute atomic E-state index is 0.0546. The van der Waals surface area contributed by atoms with Gasteiger partial charge in [-0.05, 0) is 72.7 Å². The number of aromatic nitrogens is 2. The molecule has 7 nitrogen and oxygen atoms in total. The minimum Gasteiger partial charge on any atom is -0.494 e. The van der Waals surface area contributed by atoms with Crippen molar-refractivity contribution in [3.8, 4) is 28.6 Å². The molecule has 0 aliphatic rings. The van der Waals surface area contributed by atoms with E-state index in [0.29, 0.717) is 47.0 Å². The van der Waals surface area contributed by atoms with Gasteiger partial charge in [-0.1, -0.05) is 52.8 Å². The van der Waals surface area contributed by atoms with Crippen LogP contribution in [0.3, 0.4) is 0 Å². The van der Waals surface area contributed by atoms with Crippen LogP contribution in [-0.4, -0.2) is 36.2 Å². The highest BCUT2D eigenvalue weighted by Gasteiger charge is 2.19. The summed E-state index contributed by atoms with van der Waals surface area (Å²) in [5.74, 6) is 2.69. The second-order valence-corrected chi connectivity index (χ2v) is 11.3. The molecule has 0 amide bonds. The normalized spacial score (nSPS) is 11.9. The zero-order chi connectivity index (χ0) is 29.0. The third-order valence-corrected chi connectivity index (χ3v) is 6.46. The third-order valence-electron chi connectivity index (χ3n) is 6.46. The number of benzene rings is 3. The van der Waals surface area contributed by atoms with Gasteiger partial charge in [0.25, 0.3) is 5.56 Å².